The van der Waals surface area contributed by atoms with E-state index in [0.29, 0.717) is 11.1 Å². The zero-order chi connectivity index (χ0) is 8.39. The van der Waals surface area contributed by atoms with Gasteiger partial charge in [-0.3, -0.25) is 4.79 Å². The average molecular weight is 185 g/mol. The molecule has 1 saturated carbocycles. The molecule has 1 saturated heterocycles. The van der Waals surface area contributed by atoms with E-state index < -0.39 is 0 Å². The Morgan fingerprint density at radius 2 is 2.00 bits per heavy atom. The Morgan fingerprint density at radius 3 is 2.58 bits per heavy atom. The third-order valence-corrected chi connectivity index (χ3v) is 4.07. The van der Waals surface area contributed by atoms with Crippen molar-refractivity contribution in [3.05, 3.63) is 0 Å². The molecule has 0 aromatic carbocycles. The third kappa shape index (κ3) is 1.76. The minimum atomic E-state index is 0.232. The number of hydrogen-bond donors (Lipinski definition) is 1. The monoisotopic (exact) mass is 185 g/mol. The van der Waals surface area contributed by atoms with E-state index in [0.717, 1.165) is 5.92 Å². The van der Waals surface area contributed by atoms with Crippen LogP contribution in [0.25, 0.3) is 0 Å². The Hall–Kier alpha value is -0.180. The number of carbonyl (C=O) groups excluding carboxylic acids is 1. The van der Waals surface area contributed by atoms with Gasteiger partial charge >= 0.3 is 0 Å². The van der Waals surface area contributed by atoms with Crippen LogP contribution in [0.3, 0.4) is 0 Å². The second-order valence-corrected chi connectivity index (χ2v) is 4.83. The van der Waals surface area contributed by atoms with Crippen LogP contribution < -0.4 is 5.32 Å². The van der Waals surface area contributed by atoms with E-state index in [-0.39, 0.29) is 5.91 Å². The Labute approximate surface area is 77.5 Å². The van der Waals surface area contributed by atoms with Crippen molar-refractivity contribution in [2.75, 3.05) is 5.75 Å². The van der Waals surface area contributed by atoms with Crippen molar-refractivity contribution in [2.45, 2.75) is 37.5 Å². The third-order valence-electron chi connectivity index (χ3n) is 2.78. The van der Waals surface area contributed by atoms with Crippen LogP contribution in [-0.2, 0) is 4.79 Å². The van der Waals surface area contributed by atoms with Gasteiger partial charge in [-0.15, -0.1) is 11.8 Å². The molecule has 2 aliphatic rings. The van der Waals surface area contributed by atoms with Gasteiger partial charge in [0, 0.05) is 0 Å². The molecule has 1 N–H and O–H groups in total. The lowest BCUT2D eigenvalue weighted by Crippen LogP contribution is -2.32. The van der Waals surface area contributed by atoms with E-state index in [2.05, 4.69) is 5.32 Å². The highest BCUT2D eigenvalue weighted by Gasteiger charge is 2.29. The summed E-state index contributed by atoms with van der Waals surface area (Å²) in [6, 6.07) is 0. The highest BCUT2D eigenvalue weighted by Crippen LogP contribution is 2.33. The fraction of sp³-hybridized carbons (Fsp3) is 0.889. The summed E-state index contributed by atoms with van der Waals surface area (Å²) in [7, 11) is 0. The minimum Gasteiger partial charge on any atom is -0.343 e. The first-order valence-corrected chi connectivity index (χ1v) is 5.82. The number of rotatable bonds is 1. The van der Waals surface area contributed by atoms with E-state index in [4.69, 9.17) is 0 Å². The van der Waals surface area contributed by atoms with Crippen LogP contribution in [0.5, 0.6) is 0 Å². The van der Waals surface area contributed by atoms with Crippen LogP contribution >= 0.6 is 11.8 Å². The van der Waals surface area contributed by atoms with Crippen LogP contribution in [0.15, 0.2) is 0 Å². The molecule has 0 bridgehead atoms. The molecule has 0 spiro atoms. The lowest BCUT2D eigenvalue weighted by atomic mass is 9.89. The molecule has 3 heteroatoms. The summed E-state index contributed by atoms with van der Waals surface area (Å²) in [5, 5.41) is 3.49. The van der Waals surface area contributed by atoms with Crippen molar-refractivity contribution in [1.82, 2.24) is 5.32 Å². The first kappa shape index (κ1) is 8.42. The van der Waals surface area contributed by atoms with Gasteiger partial charge in [0.05, 0.1) is 11.1 Å². The molecule has 1 aliphatic heterocycles. The molecule has 1 unspecified atom stereocenters. The van der Waals surface area contributed by atoms with Gasteiger partial charge < -0.3 is 5.32 Å². The highest BCUT2D eigenvalue weighted by atomic mass is 32.2. The largest absolute Gasteiger partial charge is 0.343 e. The predicted octanol–water partition coefficient (Wildman–Crippen LogP) is 1.76. The van der Waals surface area contributed by atoms with Crippen LogP contribution in [-0.4, -0.2) is 17.0 Å². The summed E-state index contributed by atoms with van der Waals surface area (Å²) >= 11 is 1.80. The normalized spacial score (nSPS) is 32.0. The number of carbonyl (C=O) groups is 1. The summed E-state index contributed by atoms with van der Waals surface area (Å²) in [6.07, 6.45) is 6.74. The summed E-state index contributed by atoms with van der Waals surface area (Å²) in [5.41, 5.74) is 0. The lowest BCUT2D eigenvalue weighted by molar-refractivity contribution is -0.118. The standard InChI is InChI=1S/C9H15NOS/c11-8-6-12-9(10-8)7-4-2-1-3-5-7/h7,9H,1-6H2,(H,10,11). The van der Waals surface area contributed by atoms with E-state index in [1.165, 1.54) is 32.1 Å². The fourth-order valence-corrected chi connectivity index (χ4v) is 3.27. The molecule has 1 amide bonds. The first-order chi connectivity index (χ1) is 5.86. The number of thioether (sulfide) groups is 1. The van der Waals surface area contributed by atoms with E-state index in [1.54, 1.807) is 11.8 Å². The van der Waals surface area contributed by atoms with Gasteiger partial charge in [-0.1, -0.05) is 19.3 Å². The van der Waals surface area contributed by atoms with Crippen molar-refractivity contribution < 1.29 is 4.79 Å². The zero-order valence-corrected chi connectivity index (χ0v) is 8.03. The van der Waals surface area contributed by atoms with Crippen molar-refractivity contribution >= 4 is 17.7 Å². The highest BCUT2D eigenvalue weighted by molar-refractivity contribution is 8.01. The van der Waals surface area contributed by atoms with Crippen molar-refractivity contribution in [2.24, 2.45) is 5.92 Å². The molecule has 68 valence electrons. The number of nitrogens with one attached hydrogen (secondary N) is 1. The Morgan fingerprint density at radius 1 is 1.25 bits per heavy atom. The maximum atomic E-state index is 11.0. The van der Waals surface area contributed by atoms with Gasteiger partial charge in [0.15, 0.2) is 0 Å². The quantitative estimate of drug-likeness (QED) is 0.674. The van der Waals surface area contributed by atoms with E-state index >= 15 is 0 Å². The number of amides is 1. The summed E-state index contributed by atoms with van der Waals surface area (Å²) < 4.78 is 0. The molecule has 1 heterocycles. The van der Waals surface area contributed by atoms with Gasteiger partial charge in [-0.2, -0.15) is 0 Å². The van der Waals surface area contributed by atoms with Gasteiger partial charge in [0.1, 0.15) is 0 Å². The maximum absolute atomic E-state index is 11.0. The molecule has 1 aliphatic carbocycles. The van der Waals surface area contributed by atoms with Gasteiger partial charge in [0.25, 0.3) is 0 Å². The summed E-state index contributed by atoms with van der Waals surface area (Å²) in [4.78, 5) is 11.0. The van der Waals surface area contributed by atoms with Crippen molar-refractivity contribution in [3.8, 4) is 0 Å². The molecule has 2 fully saturated rings. The van der Waals surface area contributed by atoms with E-state index in [1.807, 2.05) is 0 Å². The van der Waals surface area contributed by atoms with Crippen LogP contribution in [0.2, 0.25) is 0 Å². The summed E-state index contributed by atoms with van der Waals surface area (Å²) in [6.45, 7) is 0. The molecule has 0 aromatic rings. The van der Waals surface area contributed by atoms with E-state index in [9.17, 15) is 4.79 Å². The van der Waals surface area contributed by atoms with Crippen LogP contribution in [0.1, 0.15) is 32.1 Å². The second kappa shape index (κ2) is 3.69. The van der Waals surface area contributed by atoms with Gasteiger partial charge in [-0.25, -0.2) is 0 Å². The first-order valence-electron chi connectivity index (χ1n) is 4.77. The number of hydrogen-bond acceptors (Lipinski definition) is 2. The molecular formula is C9H15NOS. The Balaban J connectivity index is 1.86. The fourth-order valence-electron chi connectivity index (χ4n) is 2.10. The van der Waals surface area contributed by atoms with Crippen LogP contribution in [0.4, 0.5) is 0 Å². The summed E-state index contributed by atoms with van der Waals surface area (Å²) in [5.74, 6) is 1.67. The molecule has 2 nitrogen and oxygen atoms in total. The van der Waals surface area contributed by atoms with Crippen molar-refractivity contribution in [3.63, 3.8) is 0 Å². The smallest absolute Gasteiger partial charge is 0.230 e. The molecule has 0 aromatic heterocycles. The Kier molecular flexibility index (Phi) is 2.59. The van der Waals surface area contributed by atoms with Crippen molar-refractivity contribution in [1.29, 1.82) is 0 Å². The molecule has 2 rings (SSSR count). The van der Waals surface area contributed by atoms with Gasteiger partial charge in [0.2, 0.25) is 5.91 Å². The zero-order valence-electron chi connectivity index (χ0n) is 7.21. The SMILES string of the molecule is O=C1CSC(C2CCCCC2)N1. The topological polar surface area (TPSA) is 29.1 Å². The molecular weight excluding hydrogens is 170 g/mol. The Bertz CT molecular complexity index is 177. The maximum Gasteiger partial charge on any atom is 0.230 e. The molecule has 0 radical (unpaired) electrons. The molecule has 12 heavy (non-hydrogen) atoms. The average Bonchev–Trinajstić information content (AvgIpc) is 2.54. The lowest BCUT2D eigenvalue weighted by Gasteiger charge is -2.26. The van der Waals surface area contributed by atoms with Gasteiger partial charge in [-0.05, 0) is 18.8 Å². The molecule has 1 atom stereocenters. The van der Waals surface area contributed by atoms with Crippen LogP contribution in [0, 0.1) is 5.92 Å². The second-order valence-electron chi connectivity index (χ2n) is 3.70. The predicted molar refractivity (Wildman–Crippen MR) is 51.0 cm³/mol. The minimum absolute atomic E-state index is 0.232.